The monoisotopic (exact) mass is 255 g/mol. The summed E-state index contributed by atoms with van der Waals surface area (Å²) in [6.07, 6.45) is 0.714. The Morgan fingerprint density at radius 3 is 2.76 bits per heavy atom. The quantitative estimate of drug-likeness (QED) is 0.320. The fourth-order valence-corrected chi connectivity index (χ4v) is 1.35. The second-order valence-corrected chi connectivity index (χ2v) is 4.21. The van der Waals surface area contributed by atoms with Crippen molar-refractivity contribution in [2.24, 2.45) is 0 Å². The van der Waals surface area contributed by atoms with E-state index in [9.17, 15) is 4.79 Å². The summed E-state index contributed by atoms with van der Waals surface area (Å²) in [7, 11) is 0. The van der Waals surface area contributed by atoms with Gasteiger partial charge in [-0.3, -0.25) is 4.79 Å². The van der Waals surface area contributed by atoms with Crippen molar-refractivity contribution in [2.45, 2.75) is 12.3 Å². The molecular formula is C12H17NO3S. The lowest BCUT2D eigenvalue weighted by molar-refractivity contribution is -0.109. The molecule has 0 aliphatic rings. The van der Waals surface area contributed by atoms with E-state index in [1.165, 1.54) is 0 Å². The second kappa shape index (κ2) is 7.97. The summed E-state index contributed by atoms with van der Waals surface area (Å²) >= 11 is 4.19. The van der Waals surface area contributed by atoms with Crippen LogP contribution in [0.4, 0.5) is 0 Å². The van der Waals surface area contributed by atoms with Crippen LogP contribution in [0.25, 0.3) is 0 Å². The molecule has 1 N–H and O–H groups in total. The fourth-order valence-electron chi connectivity index (χ4n) is 1.22. The highest BCUT2D eigenvalue weighted by Crippen LogP contribution is 2.18. The Kier molecular flexibility index (Phi) is 6.50. The van der Waals surface area contributed by atoms with Gasteiger partial charge in [-0.05, 0) is 19.1 Å². The van der Waals surface area contributed by atoms with Crippen LogP contribution in [-0.2, 0) is 4.79 Å². The van der Waals surface area contributed by atoms with Gasteiger partial charge in [0, 0.05) is 18.0 Å². The van der Waals surface area contributed by atoms with Crippen molar-refractivity contribution in [3.63, 3.8) is 0 Å². The number of carbonyl (C=O) groups is 1. The predicted molar refractivity (Wildman–Crippen MR) is 69.9 cm³/mol. The Labute approximate surface area is 107 Å². The van der Waals surface area contributed by atoms with Gasteiger partial charge in [-0.15, -0.1) is 0 Å². The molecule has 0 heterocycles. The molecule has 0 bridgehead atoms. The molecular weight excluding hydrogens is 238 g/mol. The number of hydrogen-bond donors (Lipinski definition) is 2. The molecule has 1 rings (SSSR count). The molecule has 0 aliphatic carbocycles. The summed E-state index contributed by atoms with van der Waals surface area (Å²) in [5.41, 5.74) is 0. The highest BCUT2D eigenvalue weighted by molar-refractivity contribution is 7.80. The maximum absolute atomic E-state index is 10.2. The summed E-state index contributed by atoms with van der Waals surface area (Å²) in [6, 6.07) is 7.21. The smallest absolute Gasteiger partial charge is 0.157 e. The van der Waals surface area contributed by atoms with E-state index in [0.717, 1.165) is 12.3 Å². The molecule has 0 spiro atoms. The Bertz CT molecular complexity index is 344. The first-order valence-corrected chi connectivity index (χ1v) is 5.95. The van der Waals surface area contributed by atoms with Crippen LogP contribution in [0.5, 0.6) is 11.5 Å². The molecule has 94 valence electrons. The molecule has 0 radical (unpaired) electrons. The zero-order chi connectivity index (χ0) is 12.5. The largest absolute Gasteiger partial charge is 0.492 e. The zero-order valence-electron chi connectivity index (χ0n) is 9.76. The van der Waals surface area contributed by atoms with Crippen LogP contribution in [0.3, 0.4) is 0 Å². The third-order valence-electron chi connectivity index (χ3n) is 1.93. The van der Waals surface area contributed by atoms with Crippen LogP contribution in [0, 0.1) is 0 Å². The van der Waals surface area contributed by atoms with E-state index in [0.29, 0.717) is 18.6 Å². The molecule has 0 aromatic heterocycles. The Morgan fingerprint density at radius 2 is 2.12 bits per heavy atom. The molecule has 17 heavy (non-hydrogen) atoms. The third-order valence-corrected chi connectivity index (χ3v) is 2.12. The van der Waals surface area contributed by atoms with Crippen LogP contribution < -0.4 is 14.8 Å². The van der Waals surface area contributed by atoms with Gasteiger partial charge in [-0.25, -0.2) is 0 Å². The molecule has 4 nitrogen and oxygen atoms in total. The summed E-state index contributed by atoms with van der Waals surface area (Å²) in [5, 5.41) is 3.28. The van der Waals surface area contributed by atoms with Crippen LogP contribution in [-0.4, -0.2) is 31.4 Å². The molecule has 0 aliphatic heterocycles. The van der Waals surface area contributed by atoms with Crippen molar-refractivity contribution < 1.29 is 14.3 Å². The number of carbonyl (C=O) groups excluding carboxylic acids is 1. The Balaban J connectivity index is 2.34. The van der Waals surface area contributed by atoms with Crippen molar-refractivity contribution in [3.05, 3.63) is 24.3 Å². The van der Waals surface area contributed by atoms with E-state index in [-0.39, 0.29) is 12.0 Å². The van der Waals surface area contributed by atoms with Crippen LogP contribution in [0.1, 0.15) is 6.92 Å². The number of thiol groups is 1. The van der Waals surface area contributed by atoms with Crippen molar-refractivity contribution >= 4 is 18.9 Å². The fraction of sp³-hybridized carbons (Fsp3) is 0.417. The van der Waals surface area contributed by atoms with Gasteiger partial charge in [0.1, 0.15) is 24.7 Å². The number of benzene rings is 1. The molecule has 1 aromatic rings. The normalized spacial score (nSPS) is 11.9. The average molecular weight is 255 g/mol. The van der Waals surface area contributed by atoms with E-state index in [1.807, 2.05) is 19.1 Å². The van der Waals surface area contributed by atoms with Gasteiger partial charge in [0.05, 0.1) is 0 Å². The maximum Gasteiger partial charge on any atom is 0.157 e. The highest BCUT2D eigenvalue weighted by atomic mass is 32.1. The SMILES string of the molecule is CC(S)NCCOc1cccc(OCC=O)c1. The van der Waals surface area contributed by atoms with E-state index < -0.39 is 0 Å². The van der Waals surface area contributed by atoms with Crippen LogP contribution in [0.2, 0.25) is 0 Å². The third kappa shape index (κ3) is 6.19. The average Bonchev–Trinajstić information content (AvgIpc) is 2.32. The zero-order valence-corrected chi connectivity index (χ0v) is 10.7. The van der Waals surface area contributed by atoms with Crippen molar-refractivity contribution in [3.8, 4) is 11.5 Å². The maximum atomic E-state index is 10.2. The lowest BCUT2D eigenvalue weighted by atomic mass is 10.3. The van der Waals surface area contributed by atoms with Gasteiger partial charge >= 0.3 is 0 Å². The van der Waals surface area contributed by atoms with Gasteiger partial charge in [0.15, 0.2) is 6.29 Å². The highest BCUT2D eigenvalue weighted by Gasteiger charge is 1.98. The first-order chi connectivity index (χ1) is 8.22. The predicted octanol–water partition coefficient (Wildman–Crippen LogP) is 1.51. The van der Waals surface area contributed by atoms with Crippen LogP contribution >= 0.6 is 12.6 Å². The molecule has 0 saturated heterocycles. The van der Waals surface area contributed by atoms with E-state index >= 15 is 0 Å². The first kappa shape index (κ1) is 13.9. The van der Waals surface area contributed by atoms with Gasteiger partial charge in [0.2, 0.25) is 0 Å². The molecule has 5 heteroatoms. The van der Waals surface area contributed by atoms with E-state index in [4.69, 9.17) is 9.47 Å². The Hall–Kier alpha value is -1.20. The van der Waals surface area contributed by atoms with Gasteiger partial charge < -0.3 is 14.8 Å². The molecule has 0 fully saturated rings. The number of nitrogens with one attached hydrogen (secondary N) is 1. The van der Waals surface area contributed by atoms with Crippen molar-refractivity contribution in [2.75, 3.05) is 19.8 Å². The number of rotatable bonds is 8. The van der Waals surface area contributed by atoms with Crippen molar-refractivity contribution in [1.29, 1.82) is 0 Å². The topological polar surface area (TPSA) is 47.6 Å². The number of ether oxygens (including phenoxy) is 2. The molecule has 0 saturated carbocycles. The summed E-state index contributed by atoms with van der Waals surface area (Å²) in [5.74, 6) is 1.35. The second-order valence-electron chi connectivity index (χ2n) is 3.43. The van der Waals surface area contributed by atoms with Gasteiger partial charge in [-0.1, -0.05) is 6.07 Å². The first-order valence-electron chi connectivity index (χ1n) is 5.43. The summed E-state index contributed by atoms with van der Waals surface area (Å²) < 4.78 is 10.7. The summed E-state index contributed by atoms with van der Waals surface area (Å²) in [4.78, 5) is 10.2. The lowest BCUT2D eigenvalue weighted by Crippen LogP contribution is -2.26. The number of aldehydes is 1. The van der Waals surface area contributed by atoms with Gasteiger partial charge in [-0.2, -0.15) is 12.6 Å². The van der Waals surface area contributed by atoms with E-state index in [2.05, 4.69) is 17.9 Å². The molecule has 1 atom stereocenters. The minimum atomic E-state index is 0.0577. The lowest BCUT2D eigenvalue weighted by Gasteiger charge is -2.10. The van der Waals surface area contributed by atoms with Crippen LogP contribution in [0.15, 0.2) is 24.3 Å². The van der Waals surface area contributed by atoms with E-state index in [1.54, 1.807) is 12.1 Å². The minimum Gasteiger partial charge on any atom is -0.492 e. The Morgan fingerprint density at radius 1 is 1.41 bits per heavy atom. The standard InChI is InChI=1S/C12H17NO3S/c1-10(17)13-5-7-15-11-3-2-4-12(9-11)16-8-6-14/h2-4,6,9-10,13,17H,5,7-8H2,1H3. The molecule has 1 unspecified atom stereocenters. The van der Waals surface area contributed by atoms with Crippen molar-refractivity contribution in [1.82, 2.24) is 5.32 Å². The molecule has 0 amide bonds. The summed E-state index contributed by atoms with van der Waals surface area (Å²) in [6.45, 7) is 3.30. The minimum absolute atomic E-state index is 0.0577. The molecule has 1 aromatic carbocycles. The van der Waals surface area contributed by atoms with Gasteiger partial charge in [0.25, 0.3) is 0 Å². The number of hydrogen-bond acceptors (Lipinski definition) is 5.